The number of methoxy groups -OCH3 is 1. The second-order valence-corrected chi connectivity index (χ2v) is 4.95. The average Bonchev–Trinajstić information content (AvgIpc) is 2.92. The zero-order valence-electron chi connectivity index (χ0n) is 12.5. The topological polar surface area (TPSA) is 53.5 Å². The highest BCUT2D eigenvalue weighted by Gasteiger charge is 2.19. The molecule has 0 spiro atoms. The molecule has 0 saturated carbocycles. The van der Waals surface area contributed by atoms with Crippen molar-refractivity contribution in [2.45, 2.75) is 26.7 Å². The lowest BCUT2D eigenvalue weighted by atomic mass is 10.1. The van der Waals surface area contributed by atoms with Crippen molar-refractivity contribution in [3.8, 4) is 28.5 Å². The number of ether oxygens (including phenoxy) is 3. The van der Waals surface area contributed by atoms with Gasteiger partial charge in [0.05, 0.1) is 12.8 Å². The summed E-state index contributed by atoms with van der Waals surface area (Å²) in [5.74, 6) is 2.91. The van der Waals surface area contributed by atoms with Crippen molar-refractivity contribution in [1.29, 1.82) is 0 Å². The molecular formula is C16H18N2O3. The lowest BCUT2D eigenvalue weighted by Crippen LogP contribution is -1.99. The first kappa shape index (κ1) is 13.7. The summed E-state index contributed by atoms with van der Waals surface area (Å²) in [4.78, 5) is 9.00. The van der Waals surface area contributed by atoms with E-state index in [0.29, 0.717) is 5.75 Å². The molecule has 0 bridgehead atoms. The zero-order valence-corrected chi connectivity index (χ0v) is 12.5. The van der Waals surface area contributed by atoms with Crippen molar-refractivity contribution in [1.82, 2.24) is 9.97 Å². The van der Waals surface area contributed by atoms with Gasteiger partial charge in [0.15, 0.2) is 11.5 Å². The Morgan fingerprint density at radius 3 is 2.62 bits per heavy atom. The Balaban J connectivity index is 2.11. The van der Waals surface area contributed by atoms with Gasteiger partial charge < -0.3 is 14.2 Å². The molecule has 0 aliphatic carbocycles. The van der Waals surface area contributed by atoms with Crippen LogP contribution in [0.15, 0.2) is 18.2 Å². The molecule has 1 aliphatic rings. The van der Waals surface area contributed by atoms with Crippen LogP contribution in [0.1, 0.15) is 24.9 Å². The smallest absolute Gasteiger partial charge is 0.231 e. The van der Waals surface area contributed by atoms with E-state index in [2.05, 4.69) is 16.9 Å². The van der Waals surface area contributed by atoms with Gasteiger partial charge in [-0.3, -0.25) is 0 Å². The molecule has 2 aromatic rings. The Hall–Kier alpha value is -2.30. The number of fused-ring (bicyclic) bond motifs is 1. The highest BCUT2D eigenvalue weighted by Crippen LogP contribution is 2.42. The van der Waals surface area contributed by atoms with E-state index >= 15 is 0 Å². The van der Waals surface area contributed by atoms with Gasteiger partial charge in [0, 0.05) is 17.3 Å². The minimum Gasteiger partial charge on any atom is -0.496 e. The summed E-state index contributed by atoms with van der Waals surface area (Å²) in [5, 5.41) is 0. The summed E-state index contributed by atoms with van der Waals surface area (Å²) in [7, 11) is 1.64. The third-order valence-electron chi connectivity index (χ3n) is 3.37. The van der Waals surface area contributed by atoms with Gasteiger partial charge in [0.1, 0.15) is 11.6 Å². The van der Waals surface area contributed by atoms with E-state index in [-0.39, 0.29) is 6.79 Å². The predicted octanol–water partition coefficient (Wildman–Crippen LogP) is 3.14. The standard InChI is InChI=1S/C16H18N2O3/c1-4-5-11-6-13(18-10(2)17-11)12-7-15-16(21-9-20-15)8-14(12)19-3/h6-8H,4-5,9H2,1-3H3. The van der Waals surface area contributed by atoms with Gasteiger partial charge in [0.2, 0.25) is 6.79 Å². The summed E-state index contributed by atoms with van der Waals surface area (Å²) >= 11 is 0. The zero-order chi connectivity index (χ0) is 14.8. The highest BCUT2D eigenvalue weighted by molar-refractivity contribution is 5.72. The third kappa shape index (κ3) is 2.63. The van der Waals surface area contributed by atoms with E-state index in [1.807, 2.05) is 25.1 Å². The van der Waals surface area contributed by atoms with Crippen LogP contribution in [0.3, 0.4) is 0 Å². The monoisotopic (exact) mass is 286 g/mol. The molecule has 21 heavy (non-hydrogen) atoms. The third-order valence-corrected chi connectivity index (χ3v) is 3.37. The number of benzene rings is 1. The minimum atomic E-state index is 0.242. The summed E-state index contributed by atoms with van der Waals surface area (Å²) < 4.78 is 16.3. The average molecular weight is 286 g/mol. The van der Waals surface area contributed by atoms with Crippen molar-refractivity contribution >= 4 is 0 Å². The second-order valence-electron chi connectivity index (χ2n) is 4.95. The fourth-order valence-electron chi connectivity index (χ4n) is 2.44. The molecule has 5 nitrogen and oxygen atoms in total. The van der Waals surface area contributed by atoms with Gasteiger partial charge in [-0.1, -0.05) is 13.3 Å². The van der Waals surface area contributed by atoms with E-state index < -0.39 is 0 Å². The van der Waals surface area contributed by atoms with Gasteiger partial charge in [0.25, 0.3) is 0 Å². The number of aryl methyl sites for hydroxylation is 2. The van der Waals surface area contributed by atoms with E-state index in [0.717, 1.165) is 47.1 Å². The fourth-order valence-corrected chi connectivity index (χ4v) is 2.44. The van der Waals surface area contributed by atoms with Crippen molar-refractivity contribution in [3.63, 3.8) is 0 Å². The number of hydrogen-bond acceptors (Lipinski definition) is 5. The van der Waals surface area contributed by atoms with Gasteiger partial charge in [-0.15, -0.1) is 0 Å². The summed E-state index contributed by atoms with van der Waals surface area (Å²) in [6.45, 7) is 4.28. The lowest BCUT2D eigenvalue weighted by Gasteiger charge is -2.11. The molecule has 0 atom stereocenters. The van der Waals surface area contributed by atoms with Crippen molar-refractivity contribution < 1.29 is 14.2 Å². The number of rotatable bonds is 4. The van der Waals surface area contributed by atoms with Gasteiger partial charge in [-0.2, -0.15) is 0 Å². The fraction of sp³-hybridized carbons (Fsp3) is 0.375. The second kappa shape index (κ2) is 5.60. The largest absolute Gasteiger partial charge is 0.496 e. The van der Waals surface area contributed by atoms with E-state index in [4.69, 9.17) is 14.2 Å². The van der Waals surface area contributed by atoms with Crippen LogP contribution in [-0.4, -0.2) is 23.9 Å². The summed E-state index contributed by atoms with van der Waals surface area (Å²) in [6, 6.07) is 5.77. The Bertz CT molecular complexity index is 671. The van der Waals surface area contributed by atoms with Crippen molar-refractivity contribution in [2.24, 2.45) is 0 Å². The van der Waals surface area contributed by atoms with Crippen LogP contribution in [0.5, 0.6) is 17.2 Å². The summed E-state index contributed by atoms with van der Waals surface area (Å²) in [6.07, 6.45) is 1.98. The van der Waals surface area contributed by atoms with Crippen molar-refractivity contribution in [3.05, 3.63) is 29.7 Å². The first-order chi connectivity index (χ1) is 10.2. The van der Waals surface area contributed by atoms with E-state index in [1.54, 1.807) is 7.11 Å². The minimum absolute atomic E-state index is 0.242. The first-order valence-electron chi connectivity index (χ1n) is 7.04. The molecule has 5 heteroatoms. The Morgan fingerprint density at radius 2 is 1.90 bits per heavy atom. The van der Waals surface area contributed by atoms with E-state index in [9.17, 15) is 0 Å². The molecule has 0 saturated heterocycles. The predicted molar refractivity (Wildman–Crippen MR) is 78.9 cm³/mol. The Labute approximate surface area is 123 Å². The van der Waals surface area contributed by atoms with E-state index in [1.165, 1.54) is 0 Å². The van der Waals surface area contributed by atoms with Crippen LogP contribution in [0.25, 0.3) is 11.3 Å². The molecule has 2 heterocycles. The molecular weight excluding hydrogens is 268 g/mol. The molecule has 3 rings (SSSR count). The maximum Gasteiger partial charge on any atom is 0.231 e. The maximum absolute atomic E-state index is 5.47. The molecule has 0 amide bonds. The molecule has 0 N–H and O–H groups in total. The van der Waals surface area contributed by atoms with Crippen LogP contribution >= 0.6 is 0 Å². The Kier molecular flexibility index (Phi) is 3.64. The van der Waals surface area contributed by atoms with Gasteiger partial charge in [-0.25, -0.2) is 9.97 Å². The SMILES string of the molecule is CCCc1cc(-c2cc3c(cc2OC)OCO3)nc(C)n1. The molecule has 1 aromatic heterocycles. The number of hydrogen-bond donors (Lipinski definition) is 0. The molecule has 0 unspecified atom stereocenters. The molecule has 1 aliphatic heterocycles. The van der Waals surface area contributed by atoms with Crippen LogP contribution < -0.4 is 14.2 Å². The Morgan fingerprint density at radius 1 is 1.14 bits per heavy atom. The van der Waals surface area contributed by atoms with Crippen LogP contribution in [0, 0.1) is 6.92 Å². The van der Waals surface area contributed by atoms with Crippen LogP contribution in [-0.2, 0) is 6.42 Å². The molecule has 1 aromatic carbocycles. The molecule has 0 fully saturated rings. The number of aromatic nitrogens is 2. The van der Waals surface area contributed by atoms with Gasteiger partial charge in [-0.05, 0) is 25.5 Å². The summed E-state index contributed by atoms with van der Waals surface area (Å²) in [5.41, 5.74) is 2.78. The highest BCUT2D eigenvalue weighted by atomic mass is 16.7. The molecule has 0 radical (unpaired) electrons. The quantitative estimate of drug-likeness (QED) is 0.864. The lowest BCUT2D eigenvalue weighted by molar-refractivity contribution is 0.174. The van der Waals surface area contributed by atoms with Crippen LogP contribution in [0.4, 0.5) is 0 Å². The van der Waals surface area contributed by atoms with Gasteiger partial charge >= 0.3 is 0 Å². The number of nitrogens with zero attached hydrogens (tertiary/aromatic N) is 2. The maximum atomic E-state index is 5.47. The first-order valence-corrected chi connectivity index (χ1v) is 7.04. The normalized spacial score (nSPS) is 12.5. The van der Waals surface area contributed by atoms with Crippen molar-refractivity contribution in [2.75, 3.05) is 13.9 Å². The molecule has 110 valence electrons. The van der Waals surface area contributed by atoms with Crippen LogP contribution in [0.2, 0.25) is 0 Å².